The van der Waals surface area contributed by atoms with E-state index >= 15 is 0 Å². The van der Waals surface area contributed by atoms with Gasteiger partial charge in [-0.3, -0.25) is 4.79 Å². The number of amides is 1. The Labute approximate surface area is 106 Å². The first-order valence-electron chi connectivity index (χ1n) is 6.33. The van der Waals surface area contributed by atoms with E-state index < -0.39 is 12.1 Å². The Morgan fingerprint density at radius 3 is 2.72 bits per heavy atom. The average Bonchev–Trinajstić information content (AvgIpc) is 3.04. The lowest BCUT2D eigenvalue weighted by molar-refractivity contribution is -0.148. The predicted octanol–water partition coefficient (Wildman–Crippen LogP) is -0.408. The molecule has 1 heterocycles. The summed E-state index contributed by atoms with van der Waals surface area (Å²) in [5, 5.41) is 14.8. The van der Waals surface area contributed by atoms with Crippen LogP contribution in [0.5, 0.6) is 0 Å². The van der Waals surface area contributed by atoms with Crippen molar-refractivity contribution in [1.82, 2.24) is 10.6 Å². The molecule has 1 amide bonds. The van der Waals surface area contributed by atoms with Crippen molar-refractivity contribution in [2.24, 2.45) is 11.3 Å². The maximum atomic E-state index is 11.9. The van der Waals surface area contributed by atoms with Crippen LogP contribution in [0.15, 0.2) is 0 Å². The summed E-state index contributed by atoms with van der Waals surface area (Å²) in [6.07, 6.45) is 2.05. The Bertz CT molecular complexity index is 339. The molecule has 1 aliphatic heterocycles. The van der Waals surface area contributed by atoms with E-state index in [0.717, 1.165) is 32.4 Å². The summed E-state index contributed by atoms with van der Waals surface area (Å²) < 4.78 is 4.78. The highest BCUT2D eigenvalue weighted by atomic mass is 16.5. The minimum Gasteiger partial charge on any atom is -0.479 e. The van der Waals surface area contributed by atoms with Gasteiger partial charge in [0.15, 0.2) is 6.10 Å². The molecule has 6 heteroatoms. The minimum absolute atomic E-state index is 0.0276. The van der Waals surface area contributed by atoms with Crippen LogP contribution in [0.2, 0.25) is 0 Å². The van der Waals surface area contributed by atoms with Crippen LogP contribution in [0.4, 0.5) is 0 Å². The van der Waals surface area contributed by atoms with Gasteiger partial charge >= 0.3 is 5.97 Å². The minimum atomic E-state index is -1.05. The van der Waals surface area contributed by atoms with Crippen LogP contribution in [-0.2, 0) is 14.3 Å². The van der Waals surface area contributed by atoms with Gasteiger partial charge in [0, 0.05) is 13.0 Å². The molecule has 6 nitrogen and oxygen atoms in total. The summed E-state index contributed by atoms with van der Waals surface area (Å²) >= 11 is 0. The maximum absolute atomic E-state index is 11.9. The lowest BCUT2D eigenvalue weighted by Gasteiger charge is -2.23. The smallest absolute Gasteiger partial charge is 0.334 e. The number of piperidine rings is 1. The molecule has 2 atom stereocenters. The second-order valence-corrected chi connectivity index (χ2v) is 5.18. The first-order chi connectivity index (χ1) is 8.59. The van der Waals surface area contributed by atoms with Crippen LogP contribution in [-0.4, -0.2) is 49.8 Å². The quantitative estimate of drug-likeness (QED) is 0.622. The second kappa shape index (κ2) is 5.24. The Kier molecular flexibility index (Phi) is 3.87. The lowest BCUT2D eigenvalue weighted by Crippen LogP contribution is -2.40. The van der Waals surface area contributed by atoms with Crippen molar-refractivity contribution in [2.75, 3.05) is 26.7 Å². The molecule has 2 rings (SSSR count). The Balaban J connectivity index is 1.78. The SMILES string of the molecule is COC(CNC(=O)C1CC12CCNCC2)C(=O)O. The molecular weight excluding hydrogens is 236 g/mol. The molecule has 0 aromatic carbocycles. The Hall–Kier alpha value is -1.14. The number of hydrogen-bond donors (Lipinski definition) is 3. The summed E-state index contributed by atoms with van der Waals surface area (Å²) in [6.45, 7) is 1.98. The van der Waals surface area contributed by atoms with E-state index in [-0.39, 0.29) is 23.8 Å². The molecule has 0 radical (unpaired) electrons. The third kappa shape index (κ3) is 2.64. The summed E-state index contributed by atoms with van der Waals surface area (Å²) in [7, 11) is 1.33. The molecule has 18 heavy (non-hydrogen) atoms. The number of carbonyl (C=O) groups is 2. The molecule has 0 aromatic rings. The van der Waals surface area contributed by atoms with Gasteiger partial charge in [0.1, 0.15) is 0 Å². The van der Waals surface area contributed by atoms with Crippen molar-refractivity contribution in [3.63, 3.8) is 0 Å². The fraction of sp³-hybridized carbons (Fsp3) is 0.833. The Morgan fingerprint density at radius 2 is 2.17 bits per heavy atom. The van der Waals surface area contributed by atoms with Gasteiger partial charge in [-0.15, -0.1) is 0 Å². The van der Waals surface area contributed by atoms with Crippen molar-refractivity contribution in [3.05, 3.63) is 0 Å². The van der Waals surface area contributed by atoms with Gasteiger partial charge in [-0.2, -0.15) is 0 Å². The van der Waals surface area contributed by atoms with Crippen LogP contribution in [0.25, 0.3) is 0 Å². The summed E-state index contributed by atoms with van der Waals surface area (Å²) in [6, 6.07) is 0. The van der Waals surface area contributed by atoms with Gasteiger partial charge in [0.25, 0.3) is 0 Å². The zero-order valence-corrected chi connectivity index (χ0v) is 10.6. The number of carbonyl (C=O) groups excluding carboxylic acids is 1. The molecule has 2 unspecified atom stereocenters. The van der Waals surface area contributed by atoms with Crippen molar-refractivity contribution < 1.29 is 19.4 Å². The third-order valence-corrected chi connectivity index (χ3v) is 4.13. The van der Waals surface area contributed by atoms with Gasteiger partial charge in [-0.05, 0) is 37.8 Å². The van der Waals surface area contributed by atoms with Gasteiger partial charge in [-0.1, -0.05) is 0 Å². The summed E-state index contributed by atoms with van der Waals surface area (Å²) in [5.41, 5.74) is 0.182. The highest BCUT2D eigenvalue weighted by molar-refractivity contribution is 5.83. The number of carboxylic acids is 1. The normalized spacial score (nSPS) is 26.6. The van der Waals surface area contributed by atoms with Crippen molar-refractivity contribution in [3.8, 4) is 0 Å². The van der Waals surface area contributed by atoms with E-state index in [0.29, 0.717) is 0 Å². The lowest BCUT2D eigenvalue weighted by atomic mass is 9.92. The first-order valence-corrected chi connectivity index (χ1v) is 6.33. The molecule has 0 aromatic heterocycles. The standard InChI is InChI=1S/C12H20N2O4/c1-18-9(11(16)17)7-14-10(15)8-6-12(8)2-4-13-5-3-12/h8-9,13H,2-7H2,1H3,(H,14,15)(H,16,17). The van der Waals surface area contributed by atoms with Crippen LogP contribution < -0.4 is 10.6 Å². The molecule has 102 valence electrons. The summed E-state index contributed by atoms with van der Waals surface area (Å²) in [5.74, 6) is -1.02. The highest BCUT2D eigenvalue weighted by Crippen LogP contribution is 2.58. The first kappa shape index (κ1) is 13.3. The highest BCUT2D eigenvalue weighted by Gasteiger charge is 2.57. The van der Waals surface area contributed by atoms with Crippen LogP contribution in [0, 0.1) is 11.3 Å². The fourth-order valence-electron chi connectivity index (χ4n) is 2.78. The van der Waals surface area contributed by atoms with E-state index in [1.807, 2.05) is 0 Å². The van der Waals surface area contributed by atoms with Gasteiger partial charge < -0.3 is 20.5 Å². The zero-order chi connectivity index (χ0) is 13.2. The monoisotopic (exact) mass is 256 g/mol. The molecule has 1 aliphatic carbocycles. The van der Waals surface area contributed by atoms with E-state index in [4.69, 9.17) is 9.84 Å². The van der Waals surface area contributed by atoms with Gasteiger partial charge in [0.2, 0.25) is 5.91 Å². The van der Waals surface area contributed by atoms with Crippen LogP contribution >= 0.6 is 0 Å². The topological polar surface area (TPSA) is 87.7 Å². The van der Waals surface area contributed by atoms with E-state index in [1.165, 1.54) is 7.11 Å². The maximum Gasteiger partial charge on any atom is 0.334 e. The number of hydrogen-bond acceptors (Lipinski definition) is 4. The van der Waals surface area contributed by atoms with Gasteiger partial charge in [0.05, 0.1) is 6.54 Å². The number of carboxylic acid groups (broad SMARTS) is 1. The number of nitrogens with one attached hydrogen (secondary N) is 2. The average molecular weight is 256 g/mol. The Morgan fingerprint density at radius 1 is 1.50 bits per heavy atom. The van der Waals surface area contributed by atoms with Crippen LogP contribution in [0.1, 0.15) is 19.3 Å². The van der Waals surface area contributed by atoms with Crippen LogP contribution in [0.3, 0.4) is 0 Å². The number of rotatable bonds is 5. The van der Waals surface area contributed by atoms with E-state index in [9.17, 15) is 9.59 Å². The van der Waals surface area contributed by atoms with Crippen molar-refractivity contribution >= 4 is 11.9 Å². The molecule has 2 fully saturated rings. The third-order valence-electron chi connectivity index (χ3n) is 4.13. The fourth-order valence-corrected chi connectivity index (χ4v) is 2.78. The van der Waals surface area contributed by atoms with E-state index in [2.05, 4.69) is 10.6 Å². The van der Waals surface area contributed by atoms with Crippen molar-refractivity contribution in [2.45, 2.75) is 25.4 Å². The van der Waals surface area contributed by atoms with Crippen molar-refractivity contribution in [1.29, 1.82) is 0 Å². The molecule has 1 saturated carbocycles. The number of ether oxygens (including phenoxy) is 1. The zero-order valence-electron chi connectivity index (χ0n) is 10.6. The molecular formula is C12H20N2O4. The number of methoxy groups -OCH3 is 1. The van der Waals surface area contributed by atoms with Gasteiger partial charge in [-0.25, -0.2) is 4.79 Å². The molecule has 0 bridgehead atoms. The molecule has 2 aliphatic rings. The predicted molar refractivity (Wildman–Crippen MR) is 64.1 cm³/mol. The van der Waals surface area contributed by atoms with E-state index in [1.54, 1.807) is 0 Å². The largest absolute Gasteiger partial charge is 0.479 e. The number of aliphatic carboxylic acids is 1. The molecule has 1 saturated heterocycles. The summed E-state index contributed by atoms with van der Waals surface area (Å²) in [4.78, 5) is 22.7. The second-order valence-electron chi connectivity index (χ2n) is 5.18. The molecule has 3 N–H and O–H groups in total. The molecule has 1 spiro atoms.